The van der Waals surface area contributed by atoms with Crippen LogP contribution in [0.1, 0.15) is 6.42 Å². The van der Waals surface area contributed by atoms with Crippen LogP contribution < -0.4 is 10.1 Å². The standard InChI is InChI=1S/C17H19NO/c1-2-6-15(7-3-1)16-8-4-5-9-17(16)19-13-14-10-11-18-12-14/h1-9,14,18H,10-13H2/t14-/m0/s1. The molecule has 2 nitrogen and oxygen atoms in total. The zero-order valence-corrected chi connectivity index (χ0v) is 11.0. The second kappa shape index (κ2) is 5.89. The first-order valence-electron chi connectivity index (χ1n) is 6.91. The number of benzene rings is 2. The van der Waals surface area contributed by atoms with Gasteiger partial charge in [0.1, 0.15) is 5.75 Å². The highest BCUT2D eigenvalue weighted by Crippen LogP contribution is 2.30. The largest absolute Gasteiger partial charge is 0.493 e. The predicted molar refractivity (Wildman–Crippen MR) is 78.3 cm³/mol. The summed E-state index contributed by atoms with van der Waals surface area (Å²) in [5.41, 5.74) is 2.39. The maximum Gasteiger partial charge on any atom is 0.127 e. The molecule has 0 amide bonds. The van der Waals surface area contributed by atoms with E-state index in [4.69, 9.17) is 4.74 Å². The van der Waals surface area contributed by atoms with Crippen LogP contribution in [0, 0.1) is 5.92 Å². The molecule has 1 atom stereocenters. The second-order valence-corrected chi connectivity index (χ2v) is 5.03. The van der Waals surface area contributed by atoms with E-state index < -0.39 is 0 Å². The fourth-order valence-electron chi connectivity index (χ4n) is 2.51. The van der Waals surface area contributed by atoms with Crippen LogP contribution in [-0.4, -0.2) is 19.7 Å². The molecule has 0 aliphatic carbocycles. The highest BCUT2D eigenvalue weighted by atomic mass is 16.5. The zero-order chi connectivity index (χ0) is 12.9. The number of para-hydroxylation sites is 1. The van der Waals surface area contributed by atoms with Crippen LogP contribution in [0.2, 0.25) is 0 Å². The Labute approximate surface area is 114 Å². The molecule has 98 valence electrons. The van der Waals surface area contributed by atoms with Gasteiger partial charge in [-0.25, -0.2) is 0 Å². The van der Waals surface area contributed by atoms with Gasteiger partial charge in [-0.15, -0.1) is 0 Å². The quantitative estimate of drug-likeness (QED) is 0.902. The second-order valence-electron chi connectivity index (χ2n) is 5.03. The Morgan fingerprint density at radius 2 is 1.79 bits per heavy atom. The minimum absolute atomic E-state index is 0.642. The van der Waals surface area contributed by atoms with Crippen LogP contribution in [0.15, 0.2) is 54.6 Å². The predicted octanol–water partition coefficient (Wildman–Crippen LogP) is 3.34. The number of ether oxygens (including phenoxy) is 1. The number of nitrogens with one attached hydrogen (secondary N) is 1. The Hall–Kier alpha value is -1.80. The molecule has 19 heavy (non-hydrogen) atoms. The van der Waals surface area contributed by atoms with Gasteiger partial charge < -0.3 is 10.1 Å². The highest BCUT2D eigenvalue weighted by Gasteiger charge is 2.15. The molecule has 0 aromatic heterocycles. The molecule has 2 aromatic carbocycles. The Morgan fingerprint density at radius 1 is 1.00 bits per heavy atom. The smallest absolute Gasteiger partial charge is 0.127 e. The minimum atomic E-state index is 0.642. The van der Waals surface area contributed by atoms with Crippen LogP contribution in [0.3, 0.4) is 0 Å². The van der Waals surface area contributed by atoms with E-state index in [1.165, 1.54) is 17.5 Å². The normalized spacial score (nSPS) is 18.4. The summed E-state index contributed by atoms with van der Waals surface area (Å²) in [6.07, 6.45) is 1.22. The van der Waals surface area contributed by atoms with Crippen molar-refractivity contribution in [3.05, 3.63) is 54.6 Å². The third-order valence-electron chi connectivity index (χ3n) is 3.61. The Kier molecular flexibility index (Phi) is 3.80. The fourth-order valence-corrected chi connectivity index (χ4v) is 2.51. The number of rotatable bonds is 4. The van der Waals surface area contributed by atoms with E-state index in [2.05, 4.69) is 47.8 Å². The van der Waals surface area contributed by atoms with Gasteiger partial charge in [0.15, 0.2) is 0 Å². The van der Waals surface area contributed by atoms with Gasteiger partial charge in [-0.1, -0.05) is 48.5 Å². The van der Waals surface area contributed by atoms with Crippen molar-refractivity contribution < 1.29 is 4.74 Å². The van der Waals surface area contributed by atoms with Crippen molar-refractivity contribution >= 4 is 0 Å². The van der Waals surface area contributed by atoms with E-state index in [0.717, 1.165) is 25.4 Å². The average Bonchev–Trinajstić information content (AvgIpc) is 3.00. The van der Waals surface area contributed by atoms with E-state index in [1.54, 1.807) is 0 Å². The Bertz CT molecular complexity index is 518. The number of hydrogen-bond donors (Lipinski definition) is 1. The van der Waals surface area contributed by atoms with Crippen LogP contribution in [0.25, 0.3) is 11.1 Å². The molecular formula is C17H19NO. The molecule has 3 rings (SSSR count). The molecule has 1 aliphatic heterocycles. The van der Waals surface area contributed by atoms with E-state index >= 15 is 0 Å². The van der Waals surface area contributed by atoms with Crippen LogP contribution in [0.4, 0.5) is 0 Å². The summed E-state index contributed by atoms with van der Waals surface area (Å²) in [6, 6.07) is 18.7. The fraction of sp³-hybridized carbons (Fsp3) is 0.294. The highest BCUT2D eigenvalue weighted by molar-refractivity contribution is 5.70. The van der Waals surface area contributed by atoms with Crippen molar-refractivity contribution in [1.29, 1.82) is 0 Å². The molecule has 0 spiro atoms. The molecule has 2 heteroatoms. The molecule has 1 heterocycles. The summed E-state index contributed by atoms with van der Waals surface area (Å²) >= 11 is 0. The SMILES string of the molecule is c1ccc(-c2ccccc2OC[C@H]2CCNC2)cc1. The lowest BCUT2D eigenvalue weighted by Gasteiger charge is -2.14. The molecule has 1 fully saturated rings. The molecule has 2 aromatic rings. The van der Waals surface area contributed by atoms with Gasteiger partial charge in [-0.3, -0.25) is 0 Å². The zero-order valence-electron chi connectivity index (χ0n) is 11.0. The molecule has 0 saturated carbocycles. The molecule has 0 radical (unpaired) electrons. The molecule has 0 bridgehead atoms. The molecule has 1 aliphatic rings. The maximum atomic E-state index is 6.04. The van der Waals surface area contributed by atoms with Crippen LogP contribution in [-0.2, 0) is 0 Å². The Balaban J connectivity index is 1.77. The van der Waals surface area contributed by atoms with Crippen LogP contribution >= 0.6 is 0 Å². The van der Waals surface area contributed by atoms with Crippen molar-refractivity contribution in [2.45, 2.75) is 6.42 Å². The summed E-state index contributed by atoms with van der Waals surface area (Å²) in [4.78, 5) is 0. The van der Waals surface area contributed by atoms with Crippen molar-refractivity contribution in [3.63, 3.8) is 0 Å². The van der Waals surface area contributed by atoms with E-state index in [0.29, 0.717) is 5.92 Å². The lowest BCUT2D eigenvalue weighted by molar-refractivity contribution is 0.261. The van der Waals surface area contributed by atoms with Gasteiger partial charge in [0.05, 0.1) is 6.61 Å². The third kappa shape index (κ3) is 2.96. The van der Waals surface area contributed by atoms with Crippen molar-refractivity contribution in [1.82, 2.24) is 5.32 Å². The molecule has 1 N–H and O–H groups in total. The summed E-state index contributed by atoms with van der Waals surface area (Å²) < 4.78 is 6.04. The van der Waals surface area contributed by atoms with Gasteiger partial charge in [-0.2, -0.15) is 0 Å². The molecule has 1 saturated heterocycles. The summed E-state index contributed by atoms with van der Waals surface area (Å²) in [5, 5.41) is 3.37. The van der Waals surface area contributed by atoms with Gasteiger partial charge in [0.2, 0.25) is 0 Å². The van der Waals surface area contributed by atoms with Crippen molar-refractivity contribution in [2.24, 2.45) is 5.92 Å². The first kappa shape index (κ1) is 12.2. The minimum Gasteiger partial charge on any atom is -0.493 e. The van der Waals surface area contributed by atoms with E-state index in [1.807, 2.05) is 12.1 Å². The molecular weight excluding hydrogens is 234 g/mol. The topological polar surface area (TPSA) is 21.3 Å². The van der Waals surface area contributed by atoms with Crippen molar-refractivity contribution in [3.8, 4) is 16.9 Å². The molecule has 0 unspecified atom stereocenters. The number of hydrogen-bond acceptors (Lipinski definition) is 2. The lowest BCUT2D eigenvalue weighted by atomic mass is 10.0. The van der Waals surface area contributed by atoms with Gasteiger partial charge in [-0.05, 0) is 24.6 Å². The van der Waals surface area contributed by atoms with E-state index in [9.17, 15) is 0 Å². The van der Waals surface area contributed by atoms with Gasteiger partial charge >= 0.3 is 0 Å². The lowest BCUT2D eigenvalue weighted by Crippen LogP contribution is -2.15. The van der Waals surface area contributed by atoms with Gasteiger partial charge in [0, 0.05) is 18.0 Å². The van der Waals surface area contributed by atoms with Gasteiger partial charge in [0.25, 0.3) is 0 Å². The summed E-state index contributed by atoms with van der Waals surface area (Å²) in [7, 11) is 0. The maximum absolute atomic E-state index is 6.04. The Morgan fingerprint density at radius 3 is 2.58 bits per heavy atom. The first-order valence-corrected chi connectivity index (χ1v) is 6.91. The summed E-state index contributed by atoms with van der Waals surface area (Å²) in [5.74, 6) is 1.63. The van der Waals surface area contributed by atoms with Crippen molar-refractivity contribution in [2.75, 3.05) is 19.7 Å². The van der Waals surface area contributed by atoms with E-state index in [-0.39, 0.29) is 0 Å². The summed E-state index contributed by atoms with van der Waals surface area (Å²) in [6.45, 7) is 3.00. The monoisotopic (exact) mass is 253 g/mol. The first-order chi connectivity index (χ1) is 9.43. The van der Waals surface area contributed by atoms with Crippen LogP contribution in [0.5, 0.6) is 5.75 Å². The average molecular weight is 253 g/mol. The third-order valence-corrected chi connectivity index (χ3v) is 3.61.